The van der Waals surface area contributed by atoms with E-state index in [1.54, 1.807) is 42.5 Å². The van der Waals surface area contributed by atoms with Gasteiger partial charge in [-0.3, -0.25) is 4.55 Å². The molecule has 9 nitrogen and oxygen atoms in total. The predicted molar refractivity (Wildman–Crippen MR) is 118 cm³/mol. The fraction of sp³-hybridized carbons (Fsp3) is 0. The van der Waals surface area contributed by atoms with Gasteiger partial charge in [0.1, 0.15) is 11.5 Å². The molecule has 0 fully saturated rings. The first-order chi connectivity index (χ1) is 15.3. The van der Waals surface area contributed by atoms with Crippen molar-refractivity contribution in [2.24, 2.45) is 20.5 Å². The second-order valence-electron chi connectivity index (χ2n) is 6.69. The Morgan fingerprint density at radius 1 is 0.594 bits per heavy atom. The molecule has 0 saturated carbocycles. The zero-order valence-corrected chi connectivity index (χ0v) is 17.2. The van der Waals surface area contributed by atoms with E-state index in [1.165, 1.54) is 36.4 Å². The van der Waals surface area contributed by atoms with Crippen molar-refractivity contribution < 1.29 is 23.2 Å². The monoisotopic (exact) mass is 448 g/mol. The number of phenols is 2. The number of phenolic OH excluding ortho intramolecular Hbond substituents is 2. The first-order valence-electron chi connectivity index (χ1n) is 9.26. The fourth-order valence-corrected chi connectivity index (χ4v) is 3.41. The molecule has 0 atom stereocenters. The van der Waals surface area contributed by atoms with E-state index in [9.17, 15) is 18.6 Å². The summed E-state index contributed by atoms with van der Waals surface area (Å²) in [5.41, 5.74) is 1.90. The van der Waals surface area contributed by atoms with E-state index in [-0.39, 0.29) is 16.4 Å². The normalized spacial score (nSPS) is 12.2. The van der Waals surface area contributed by atoms with Crippen molar-refractivity contribution in [1.82, 2.24) is 0 Å². The van der Waals surface area contributed by atoms with Gasteiger partial charge in [-0.15, -0.1) is 5.11 Å². The summed E-state index contributed by atoms with van der Waals surface area (Å²) >= 11 is 0. The van der Waals surface area contributed by atoms with Gasteiger partial charge >= 0.3 is 0 Å². The van der Waals surface area contributed by atoms with Gasteiger partial charge in [0, 0.05) is 5.39 Å². The quantitative estimate of drug-likeness (QED) is 0.241. The van der Waals surface area contributed by atoms with Gasteiger partial charge in [0.25, 0.3) is 10.1 Å². The molecular weight excluding hydrogens is 432 g/mol. The maximum absolute atomic E-state index is 11.1. The lowest BCUT2D eigenvalue weighted by Gasteiger charge is -2.05. The summed E-state index contributed by atoms with van der Waals surface area (Å²) in [6, 6.07) is 19.9. The van der Waals surface area contributed by atoms with Crippen molar-refractivity contribution in [3.63, 3.8) is 0 Å². The Balaban J connectivity index is 1.51. The van der Waals surface area contributed by atoms with Crippen LogP contribution in [0.1, 0.15) is 0 Å². The smallest absolute Gasteiger partial charge is 0.294 e. The van der Waals surface area contributed by atoms with E-state index in [1.807, 2.05) is 0 Å². The summed E-state index contributed by atoms with van der Waals surface area (Å²) in [5.74, 6) is 0.0323. The summed E-state index contributed by atoms with van der Waals surface area (Å²) in [4.78, 5) is -0.221. The standard InChI is InChI=1S/C22H16N4O5S/c27-20-13-12-19(22-18(20)2-1-3-21(22)28)26-25-15-6-4-14(5-7-15)23-24-16-8-10-17(11-9-16)32(29,30)31/h1-13,27-28H,(H,29,30,31). The van der Waals surface area contributed by atoms with Crippen LogP contribution in [0.25, 0.3) is 10.8 Å². The van der Waals surface area contributed by atoms with Crippen molar-refractivity contribution in [2.75, 3.05) is 0 Å². The third-order valence-corrected chi connectivity index (χ3v) is 5.38. The molecule has 10 heteroatoms. The highest BCUT2D eigenvalue weighted by molar-refractivity contribution is 7.85. The van der Waals surface area contributed by atoms with Gasteiger partial charge in [0.15, 0.2) is 0 Å². The summed E-state index contributed by atoms with van der Waals surface area (Å²) in [7, 11) is -4.25. The maximum Gasteiger partial charge on any atom is 0.294 e. The first-order valence-corrected chi connectivity index (χ1v) is 10.7. The second-order valence-corrected chi connectivity index (χ2v) is 8.11. The van der Waals surface area contributed by atoms with Gasteiger partial charge in [-0.2, -0.15) is 23.8 Å². The third kappa shape index (κ3) is 4.61. The van der Waals surface area contributed by atoms with Gasteiger partial charge in [0.2, 0.25) is 0 Å². The lowest BCUT2D eigenvalue weighted by Crippen LogP contribution is -1.96. The number of hydrogen-bond donors (Lipinski definition) is 3. The molecule has 3 N–H and O–H groups in total. The van der Waals surface area contributed by atoms with Gasteiger partial charge in [-0.05, 0) is 66.7 Å². The number of fused-ring (bicyclic) bond motifs is 1. The third-order valence-electron chi connectivity index (χ3n) is 4.51. The molecule has 0 heterocycles. The van der Waals surface area contributed by atoms with E-state index >= 15 is 0 Å². The number of rotatable bonds is 5. The van der Waals surface area contributed by atoms with Gasteiger partial charge in [-0.25, -0.2) is 0 Å². The molecule has 160 valence electrons. The van der Waals surface area contributed by atoms with E-state index in [2.05, 4.69) is 20.5 Å². The molecule has 0 aromatic heterocycles. The highest BCUT2D eigenvalue weighted by atomic mass is 32.2. The summed E-state index contributed by atoms with van der Waals surface area (Å²) in [5, 5.41) is 37.4. The minimum Gasteiger partial charge on any atom is -0.507 e. The average Bonchev–Trinajstić information content (AvgIpc) is 2.78. The molecule has 0 saturated heterocycles. The Morgan fingerprint density at radius 2 is 1.12 bits per heavy atom. The Morgan fingerprint density at radius 3 is 1.69 bits per heavy atom. The Hall–Kier alpha value is -4.15. The predicted octanol–water partition coefficient (Wildman–Crippen LogP) is 6.33. The molecule has 0 aliphatic carbocycles. The number of hydrogen-bond acceptors (Lipinski definition) is 8. The van der Waals surface area contributed by atoms with Crippen molar-refractivity contribution in [1.29, 1.82) is 0 Å². The van der Waals surface area contributed by atoms with Gasteiger partial charge in [-0.1, -0.05) is 12.1 Å². The second kappa shape index (κ2) is 8.53. The first kappa shape index (κ1) is 21.1. The van der Waals surface area contributed by atoms with Crippen molar-refractivity contribution in [3.8, 4) is 11.5 Å². The zero-order chi connectivity index (χ0) is 22.7. The lowest BCUT2D eigenvalue weighted by molar-refractivity contribution is 0.475. The number of aromatic hydroxyl groups is 2. The van der Waals surface area contributed by atoms with E-state index in [0.717, 1.165) is 0 Å². The van der Waals surface area contributed by atoms with Crippen molar-refractivity contribution in [3.05, 3.63) is 78.9 Å². The summed E-state index contributed by atoms with van der Waals surface area (Å²) in [6.45, 7) is 0. The van der Waals surface area contributed by atoms with Crippen LogP contribution in [0.4, 0.5) is 22.7 Å². The largest absolute Gasteiger partial charge is 0.507 e. The zero-order valence-electron chi connectivity index (χ0n) is 16.4. The van der Waals surface area contributed by atoms with E-state index in [4.69, 9.17) is 4.55 Å². The highest BCUT2D eigenvalue weighted by Crippen LogP contribution is 2.38. The fourth-order valence-electron chi connectivity index (χ4n) is 2.93. The molecule has 32 heavy (non-hydrogen) atoms. The van der Waals surface area contributed by atoms with Crippen LogP contribution in [0.3, 0.4) is 0 Å². The summed E-state index contributed by atoms with van der Waals surface area (Å²) < 4.78 is 31.1. The van der Waals surface area contributed by atoms with Crippen LogP contribution in [-0.2, 0) is 10.1 Å². The molecule has 0 radical (unpaired) electrons. The molecule has 0 aliphatic rings. The van der Waals surface area contributed by atoms with Crippen LogP contribution in [0.15, 0.2) is 104 Å². The van der Waals surface area contributed by atoms with Crippen LogP contribution < -0.4 is 0 Å². The molecule has 0 aliphatic heterocycles. The lowest BCUT2D eigenvalue weighted by atomic mass is 10.1. The topological polar surface area (TPSA) is 144 Å². The summed E-state index contributed by atoms with van der Waals surface area (Å²) in [6.07, 6.45) is 0. The average molecular weight is 448 g/mol. The molecule has 4 aromatic rings. The minimum atomic E-state index is -4.25. The molecule has 4 aromatic carbocycles. The molecule has 0 spiro atoms. The van der Waals surface area contributed by atoms with Crippen LogP contribution in [0.2, 0.25) is 0 Å². The Labute approximate surface area is 182 Å². The molecule has 0 unspecified atom stereocenters. The Kier molecular flexibility index (Phi) is 5.63. The van der Waals surface area contributed by atoms with E-state index < -0.39 is 10.1 Å². The SMILES string of the molecule is O=S(=O)(O)c1ccc(N=Nc2ccc(N=Nc3ccc(O)c4cccc(O)c34)cc2)cc1. The molecule has 0 amide bonds. The number of benzene rings is 4. The maximum atomic E-state index is 11.1. The van der Waals surface area contributed by atoms with Gasteiger partial charge < -0.3 is 10.2 Å². The number of azo groups is 2. The van der Waals surface area contributed by atoms with Crippen molar-refractivity contribution in [2.45, 2.75) is 4.90 Å². The highest BCUT2D eigenvalue weighted by Gasteiger charge is 2.09. The van der Waals surface area contributed by atoms with Crippen LogP contribution in [0.5, 0.6) is 11.5 Å². The van der Waals surface area contributed by atoms with Crippen LogP contribution in [0, 0.1) is 0 Å². The van der Waals surface area contributed by atoms with E-state index in [0.29, 0.717) is 33.5 Å². The minimum absolute atomic E-state index is 0.00673. The van der Waals surface area contributed by atoms with Crippen LogP contribution in [-0.4, -0.2) is 23.2 Å². The van der Waals surface area contributed by atoms with Crippen molar-refractivity contribution >= 4 is 43.6 Å². The molecular formula is C22H16N4O5S. The number of nitrogens with zero attached hydrogens (tertiary/aromatic N) is 4. The van der Waals surface area contributed by atoms with Crippen LogP contribution >= 0.6 is 0 Å². The Bertz CT molecular complexity index is 1450. The molecule has 4 rings (SSSR count). The molecule has 0 bridgehead atoms. The van der Waals surface area contributed by atoms with Gasteiger partial charge in [0.05, 0.1) is 33.0 Å².